The molecule has 3 heteroatoms. The van der Waals surface area contributed by atoms with Gasteiger partial charge < -0.3 is 9.80 Å². The number of nitrogens with zero attached hydrogens (tertiary/aromatic N) is 2. The first-order valence-electron chi connectivity index (χ1n) is 7.13. The number of carbonyl (C=O) groups is 1. The summed E-state index contributed by atoms with van der Waals surface area (Å²) in [6, 6.07) is 7.91. The average molecular weight is 258 g/mol. The molecule has 0 radical (unpaired) electrons. The van der Waals surface area contributed by atoms with E-state index in [1.54, 1.807) is 0 Å². The summed E-state index contributed by atoms with van der Waals surface area (Å²) in [4.78, 5) is 16.7. The lowest BCUT2D eigenvalue weighted by Crippen LogP contribution is -2.61. The first-order chi connectivity index (χ1) is 9.08. The van der Waals surface area contributed by atoms with Gasteiger partial charge in [-0.3, -0.25) is 4.79 Å². The molecule has 2 aliphatic rings. The summed E-state index contributed by atoms with van der Waals surface area (Å²) in [6.07, 6.45) is 2.47. The molecule has 2 heterocycles. The quantitative estimate of drug-likeness (QED) is 0.770. The molecule has 0 unspecified atom stereocenters. The van der Waals surface area contributed by atoms with Crippen LogP contribution in [-0.4, -0.2) is 48.9 Å². The number of likely N-dealkylation sites (tertiary alicyclic amines) is 2. The van der Waals surface area contributed by atoms with Crippen molar-refractivity contribution in [1.82, 2.24) is 9.80 Å². The van der Waals surface area contributed by atoms with Crippen LogP contribution in [0.25, 0.3) is 0 Å². The van der Waals surface area contributed by atoms with E-state index < -0.39 is 0 Å². The van der Waals surface area contributed by atoms with Gasteiger partial charge in [-0.25, -0.2) is 0 Å². The van der Waals surface area contributed by atoms with Crippen molar-refractivity contribution in [2.45, 2.75) is 19.8 Å². The monoisotopic (exact) mass is 258 g/mol. The minimum Gasteiger partial charge on any atom is -0.337 e. The van der Waals surface area contributed by atoms with Gasteiger partial charge in [0.25, 0.3) is 5.91 Å². The van der Waals surface area contributed by atoms with Gasteiger partial charge in [-0.2, -0.15) is 0 Å². The Morgan fingerprint density at radius 3 is 2.26 bits per heavy atom. The topological polar surface area (TPSA) is 23.6 Å². The van der Waals surface area contributed by atoms with E-state index in [0.29, 0.717) is 5.41 Å². The van der Waals surface area contributed by atoms with Gasteiger partial charge in [-0.1, -0.05) is 17.7 Å². The van der Waals surface area contributed by atoms with Crippen LogP contribution in [0.15, 0.2) is 24.3 Å². The predicted molar refractivity (Wildman–Crippen MR) is 76.2 cm³/mol. The summed E-state index contributed by atoms with van der Waals surface area (Å²) in [5.74, 6) is 0.199. The Labute approximate surface area is 115 Å². The summed E-state index contributed by atoms with van der Waals surface area (Å²) in [6.45, 7) is 6.30. The Bertz CT molecular complexity index is 464. The van der Waals surface area contributed by atoms with Crippen LogP contribution >= 0.6 is 0 Å². The second kappa shape index (κ2) is 4.64. The fourth-order valence-electron chi connectivity index (χ4n) is 3.19. The highest BCUT2D eigenvalue weighted by Gasteiger charge is 2.46. The fraction of sp³-hybridized carbons (Fsp3) is 0.562. The third-order valence-corrected chi connectivity index (χ3v) is 4.69. The lowest BCUT2D eigenvalue weighted by molar-refractivity contribution is -0.0283. The maximum Gasteiger partial charge on any atom is 0.253 e. The largest absolute Gasteiger partial charge is 0.337 e. The lowest BCUT2D eigenvalue weighted by Gasteiger charge is -2.53. The summed E-state index contributed by atoms with van der Waals surface area (Å²) in [5.41, 5.74) is 2.45. The van der Waals surface area contributed by atoms with Crippen molar-refractivity contribution in [3.63, 3.8) is 0 Å². The van der Waals surface area contributed by atoms with Crippen LogP contribution in [0.3, 0.4) is 0 Å². The van der Waals surface area contributed by atoms with E-state index >= 15 is 0 Å². The van der Waals surface area contributed by atoms with Crippen LogP contribution in [0.1, 0.15) is 28.8 Å². The van der Waals surface area contributed by atoms with E-state index in [1.807, 2.05) is 36.1 Å². The van der Waals surface area contributed by atoms with E-state index in [9.17, 15) is 4.79 Å². The number of hydrogen-bond donors (Lipinski definition) is 0. The number of carbonyl (C=O) groups excluding carboxylic acids is 1. The molecule has 3 rings (SSSR count). The molecule has 1 aromatic carbocycles. The Balaban J connectivity index is 1.61. The van der Waals surface area contributed by atoms with Crippen molar-refractivity contribution in [2.24, 2.45) is 5.41 Å². The van der Waals surface area contributed by atoms with Crippen LogP contribution in [-0.2, 0) is 0 Å². The second-order valence-corrected chi connectivity index (χ2v) is 6.33. The first-order valence-corrected chi connectivity index (χ1v) is 7.13. The van der Waals surface area contributed by atoms with Crippen LogP contribution in [0.4, 0.5) is 0 Å². The summed E-state index contributed by atoms with van der Waals surface area (Å²) < 4.78 is 0. The molecule has 0 aliphatic carbocycles. The molecule has 2 aliphatic heterocycles. The van der Waals surface area contributed by atoms with Crippen LogP contribution in [0, 0.1) is 12.3 Å². The lowest BCUT2D eigenvalue weighted by atomic mass is 9.72. The smallest absolute Gasteiger partial charge is 0.253 e. The molecular weight excluding hydrogens is 236 g/mol. The van der Waals surface area contributed by atoms with Crippen molar-refractivity contribution >= 4 is 5.91 Å². The molecule has 19 heavy (non-hydrogen) atoms. The van der Waals surface area contributed by atoms with E-state index in [2.05, 4.69) is 11.9 Å². The van der Waals surface area contributed by atoms with Gasteiger partial charge in [0, 0.05) is 24.1 Å². The van der Waals surface area contributed by atoms with Gasteiger partial charge in [0.1, 0.15) is 0 Å². The minimum absolute atomic E-state index is 0.199. The van der Waals surface area contributed by atoms with Gasteiger partial charge in [-0.05, 0) is 52.0 Å². The normalized spacial score (nSPS) is 22.3. The van der Waals surface area contributed by atoms with E-state index in [1.165, 1.54) is 31.5 Å². The van der Waals surface area contributed by atoms with Gasteiger partial charge >= 0.3 is 0 Å². The fourth-order valence-corrected chi connectivity index (χ4v) is 3.19. The highest BCUT2D eigenvalue weighted by Crippen LogP contribution is 2.40. The van der Waals surface area contributed by atoms with E-state index in [4.69, 9.17) is 0 Å². The molecule has 1 spiro atoms. The molecule has 0 bridgehead atoms. The minimum atomic E-state index is 0.199. The number of piperidine rings is 1. The molecule has 3 nitrogen and oxygen atoms in total. The molecule has 2 fully saturated rings. The molecule has 0 atom stereocenters. The zero-order chi connectivity index (χ0) is 13.5. The van der Waals surface area contributed by atoms with Crippen molar-refractivity contribution in [3.05, 3.63) is 35.4 Å². The Morgan fingerprint density at radius 2 is 1.68 bits per heavy atom. The maximum absolute atomic E-state index is 12.3. The summed E-state index contributed by atoms with van der Waals surface area (Å²) in [5, 5.41) is 0. The van der Waals surface area contributed by atoms with Gasteiger partial charge in [0.15, 0.2) is 0 Å². The Kier molecular flexibility index (Phi) is 3.09. The average Bonchev–Trinajstić information content (AvgIpc) is 2.37. The number of amides is 1. The second-order valence-electron chi connectivity index (χ2n) is 6.33. The summed E-state index contributed by atoms with van der Waals surface area (Å²) in [7, 11) is 2.18. The van der Waals surface area contributed by atoms with Crippen molar-refractivity contribution < 1.29 is 4.79 Å². The van der Waals surface area contributed by atoms with Crippen molar-refractivity contribution in [1.29, 1.82) is 0 Å². The van der Waals surface area contributed by atoms with E-state index in [-0.39, 0.29) is 5.91 Å². The number of hydrogen-bond acceptors (Lipinski definition) is 2. The van der Waals surface area contributed by atoms with Crippen LogP contribution < -0.4 is 0 Å². The van der Waals surface area contributed by atoms with Gasteiger partial charge in [-0.15, -0.1) is 0 Å². The number of rotatable bonds is 1. The van der Waals surface area contributed by atoms with Gasteiger partial charge in [0.2, 0.25) is 0 Å². The molecule has 2 saturated heterocycles. The molecular formula is C16H22N2O. The predicted octanol–water partition coefficient (Wildman–Crippen LogP) is 2.16. The highest BCUT2D eigenvalue weighted by molar-refractivity contribution is 5.94. The summed E-state index contributed by atoms with van der Waals surface area (Å²) >= 11 is 0. The maximum atomic E-state index is 12.3. The molecule has 0 aromatic heterocycles. The zero-order valence-electron chi connectivity index (χ0n) is 11.9. The third kappa shape index (κ3) is 2.39. The van der Waals surface area contributed by atoms with Crippen LogP contribution in [0.2, 0.25) is 0 Å². The van der Waals surface area contributed by atoms with Gasteiger partial charge in [0.05, 0.1) is 0 Å². The Morgan fingerprint density at radius 1 is 1.11 bits per heavy atom. The van der Waals surface area contributed by atoms with Crippen molar-refractivity contribution in [3.8, 4) is 0 Å². The van der Waals surface area contributed by atoms with Crippen molar-refractivity contribution in [2.75, 3.05) is 33.2 Å². The first kappa shape index (κ1) is 12.7. The standard InChI is InChI=1S/C16H22N2O/c1-13-3-5-14(6-4-13)15(19)18-11-16(12-18)7-9-17(2)10-8-16/h3-6H,7-12H2,1-2H3. The number of benzene rings is 1. The molecule has 0 N–H and O–H groups in total. The highest BCUT2D eigenvalue weighted by atomic mass is 16.2. The molecule has 0 saturated carbocycles. The van der Waals surface area contributed by atoms with E-state index in [0.717, 1.165) is 18.7 Å². The zero-order valence-corrected chi connectivity index (χ0v) is 11.9. The molecule has 1 amide bonds. The van der Waals surface area contributed by atoms with Crippen LogP contribution in [0.5, 0.6) is 0 Å². The third-order valence-electron chi connectivity index (χ3n) is 4.69. The number of aryl methyl sites for hydroxylation is 1. The SMILES string of the molecule is Cc1ccc(C(=O)N2CC3(CCN(C)CC3)C2)cc1. The molecule has 1 aromatic rings. The molecule has 102 valence electrons. The Hall–Kier alpha value is -1.35.